The van der Waals surface area contributed by atoms with Gasteiger partial charge in [-0.15, -0.1) is 6.58 Å². The lowest BCUT2D eigenvalue weighted by Crippen LogP contribution is -2.51. The lowest BCUT2D eigenvalue weighted by atomic mass is 9.98. The van der Waals surface area contributed by atoms with Crippen LogP contribution in [0, 0.1) is 0 Å². The number of hydrogen-bond donors (Lipinski definition) is 2. The van der Waals surface area contributed by atoms with Gasteiger partial charge in [-0.2, -0.15) is 0 Å². The standard InChI is InChI=1S/C7H13NO3/c1-3-4-7(8,5-9)6(10)11-2/h3,9H,1,4-5,8H2,2H3. The predicted molar refractivity (Wildman–Crippen MR) is 40.8 cm³/mol. The Morgan fingerprint density at radius 3 is 2.73 bits per heavy atom. The molecule has 0 aliphatic rings. The molecule has 0 rings (SSSR count). The van der Waals surface area contributed by atoms with Gasteiger partial charge in [-0.05, 0) is 6.42 Å². The molecule has 0 fully saturated rings. The minimum Gasteiger partial charge on any atom is -0.468 e. The van der Waals surface area contributed by atoms with Gasteiger partial charge in [-0.25, -0.2) is 4.79 Å². The monoisotopic (exact) mass is 159 g/mol. The second-order valence-corrected chi connectivity index (χ2v) is 2.30. The fourth-order valence-electron chi connectivity index (χ4n) is 0.673. The molecule has 0 aromatic heterocycles. The van der Waals surface area contributed by atoms with Crippen molar-refractivity contribution in [3.63, 3.8) is 0 Å². The normalized spacial score (nSPS) is 15.2. The van der Waals surface area contributed by atoms with Crippen LogP contribution in [0.5, 0.6) is 0 Å². The van der Waals surface area contributed by atoms with Crippen LogP contribution in [-0.4, -0.2) is 30.3 Å². The van der Waals surface area contributed by atoms with Gasteiger partial charge in [0.15, 0.2) is 0 Å². The van der Waals surface area contributed by atoms with Gasteiger partial charge in [-0.1, -0.05) is 6.08 Å². The zero-order valence-corrected chi connectivity index (χ0v) is 6.54. The molecule has 4 nitrogen and oxygen atoms in total. The second kappa shape index (κ2) is 4.10. The van der Waals surface area contributed by atoms with E-state index < -0.39 is 18.1 Å². The maximum atomic E-state index is 10.9. The van der Waals surface area contributed by atoms with E-state index >= 15 is 0 Å². The highest BCUT2D eigenvalue weighted by Gasteiger charge is 2.32. The van der Waals surface area contributed by atoms with E-state index in [9.17, 15) is 4.79 Å². The van der Waals surface area contributed by atoms with Crippen LogP contribution in [0.3, 0.4) is 0 Å². The first-order chi connectivity index (χ1) is 5.10. The Labute approximate surface area is 65.6 Å². The van der Waals surface area contributed by atoms with Crippen LogP contribution in [0.2, 0.25) is 0 Å². The Balaban J connectivity index is 4.31. The first-order valence-corrected chi connectivity index (χ1v) is 3.20. The van der Waals surface area contributed by atoms with Crippen molar-refractivity contribution in [3.05, 3.63) is 12.7 Å². The summed E-state index contributed by atoms with van der Waals surface area (Å²) < 4.78 is 4.39. The Hall–Kier alpha value is -0.870. The van der Waals surface area contributed by atoms with Crippen molar-refractivity contribution < 1.29 is 14.6 Å². The summed E-state index contributed by atoms with van der Waals surface area (Å²) in [6.45, 7) is 2.97. The van der Waals surface area contributed by atoms with E-state index in [0.29, 0.717) is 0 Å². The third-order valence-electron chi connectivity index (χ3n) is 1.38. The molecule has 0 radical (unpaired) electrons. The zero-order valence-electron chi connectivity index (χ0n) is 6.54. The van der Waals surface area contributed by atoms with Crippen LogP contribution in [0.4, 0.5) is 0 Å². The molecule has 0 aromatic carbocycles. The van der Waals surface area contributed by atoms with Crippen LogP contribution < -0.4 is 5.73 Å². The molecule has 1 unspecified atom stereocenters. The van der Waals surface area contributed by atoms with Crippen molar-refractivity contribution in [3.8, 4) is 0 Å². The molecular weight excluding hydrogens is 146 g/mol. The molecule has 4 heteroatoms. The number of esters is 1. The first kappa shape index (κ1) is 10.1. The molecule has 0 saturated heterocycles. The summed E-state index contributed by atoms with van der Waals surface area (Å²) in [7, 11) is 1.22. The van der Waals surface area contributed by atoms with Gasteiger partial charge in [0.25, 0.3) is 0 Å². The summed E-state index contributed by atoms with van der Waals surface area (Å²) in [5.74, 6) is -0.625. The van der Waals surface area contributed by atoms with Gasteiger partial charge < -0.3 is 15.6 Å². The van der Waals surface area contributed by atoms with Crippen molar-refractivity contribution in [2.45, 2.75) is 12.0 Å². The number of rotatable bonds is 4. The van der Waals surface area contributed by atoms with Crippen molar-refractivity contribution in [2.75, 3.05) is 13.7 Å². The van der Waals surface area contributed by atoms with E-state index in [1.165, 1.54) is 13.2 Å². The quantitative estimate of drug-likeness (QED) is 0.425. The molecule has 0 aromatic rings. The Bertz CT molecular complexity index is 158. The third-order valence-corrected chi connectivity index (χ3v) is 1.38. The van der Waals surface area contributed by atoms with E-state index in [1.54, 1.807) is 0 Å². The Morgan fingerprint density at radius 2 is 2.45 bits per heavy atom. The largest absolute Gasteiger partial charge is 0.468 e. The highest BCUT2D eigenvalue weighted by molar-refractivity contribution is 5.80. The summed E-state index contributed by atoms with van der Waals surface area (Å²) in [6, 6.07) is 0. The summed E-state index contributed by atoms with van der Waals surface area (Å²) in [5.41, 5.74) is 4.14. The van der Waals surface area contributed by atoms with Gasteiger partial charge in [0.2, 0.25) is 0 Å². The predicted octanol–water partition coefficient (Wildman–Crippen LogP) is -0.575. The number of nitrogens with two attached hydrogens (primary N) is 1. The summed E-state index contributed by atoms with van der Waals surface area (Å²) in [5, 5.41) is 8.74. The van der Waals surface area contributed by atoms with E-state index in [0.717, 1.165) is 0 Å². The van der Waals surface area contributed by atoms with Gasteiger partial charge in [0.05, 0.1) is 13.7 Å². The van der Waals surface area contributed by atoms with Crippen molar-refractivity contribution in [1.29, 1.82) is 0 Å². The number of aliphatic hydroxyl groups excluding tert-OH is 1. The molecule has 11 heavy (non-hydrogen) atoms. The van der Waals surface area contributed by atoms with E-state index in [2.05, 4.69) is 11.3 Å². The average molecular weight is 159 g/mol. The highest BCUT2D eigenvalue weighted by atomic mass is 16.5. The van der Waals surface area contributed by atoms with Gasteiger partial charge in [0.1, 0.15) is 5.54 Å². The number of aliphatic hydroxyl groups is 1. The molecule has 0 amide bonds. The van der Waals surface area contributed by atoms with Gasteiger partial charge in [-0.3, -0.25) is 0 Å². The smallest absolute Gasteiger partial charge is 0.328 e. The Kier molecular flexibility index (Phi) is 3.78. The minimum absolute atomic E-state index is 0.205. The lowest BCUT2D eigenvalue weighted by Gasteiger charge is -2.21. The average Bonchev–Trinajstić information content (AvgIpc) is 2.03. The van der Waals surface area contributed by atoms with Crippen LogP contribution in [0.1, 0.15) is 6.42 Å². The molecule has 0 saturated carbocycles. The molecule has 64 valence electrons. The topological polar surface area (TPSA) is 72.5 Å². The maximum absolute atomic E-state index is 10.9. The lowest BCUT2D eigenvalue weighted by molar-refractivity contribution is -0.148. The molecule has 0 aliphatic heterocycles. The summed E-state index contributed by atoms with van der Waals surface area (Å²) >= 11 is 0. The second-order valence-electron chi connectivity index (χ2n) is 2.30. The number of ether oxygens (including phenoxy) is 1. The van der Waals surface area contributed by atoms with Gasteiger partial charge in [0, 0.05) is 0 Å². The molecule has 3 N–H and O–H groups in total. The van der Waals surface area contributed by atoms with Crippen molar-refractivity contribution in [1.82, 2.24) is 0 Å². The zero-order chi connectivity index (χ0) is 8.91. The fraction of sp³-hybridized carbons (Fsp3) is 0.571. The number of carbonyl (C=O) groups is 1. The highest BCUT2D eigenvalue weighted by Crippen LogP contribution is 2.07. The summed E-state index contributed by atoms with van der Waals surface area (Å²) in [6.07, 6.45) is 1.67. The summed E-state index contributed by atoms with van der Waals surface area (Å²) in [4.78, 5) is 10.9. The number of hydrogen-bond acceptors (Lipinski definition) is 4. The molecule has 0 aliphatic carbocycles. The van der Waals surface area contributed by atoms with Crippen molar-refractivity contribution in [2.24, 2.45) is 5.73 Å². The molecule has 1 atom stereocenters. The van der Waals surface area contributed by atoms with Crippen LogP contribution in [0.15, 0.2) is 12.7 Å². The Morgan fingerprint density at radius 1 is 1.91 bits per heavy atom. The number of carbonyl (C=O) groups excluding carboxylic acids is 1. The third kappa shape index (κ3) is 2.32. The molecule has 0 bridgehead atoms. The van der Waals surface area contributed by atoms with Gasteiger partial charge >= 0.3 is 5.97 Å². The van der Waals surface area contributed by atoms with Crippen LogP contribution in [0.25, 0.3) is 0 Å². The molecule has 0 spiro atoms. The van der Waals surface area contributed by atoms with E-state index in [-0.39, 0.29) is 6.42 Å². The van der Waals surface area contributed by atoms with E-state index in [4.69, 9.17) is 10.8 Å². The first-order valence-electron chi connectivity index (χ1n) is 3.20. The molecule has 0 heterocycles. The van der Waals surface area contributed by atoms with Crippen molar-refractivity contribution >= 4 is 5.97 Å². The van der Waals surface area contributed by atoms with Crippen LogP contribution in [-0.2, 0) is 9.53 Å². The minimum atomic E-state index is -1.32. The molecular formula is C7H13NO3. The number of methoxy groups -OCH3 is 1. The SMILES string of the molecule is C=CCC(N)(CO)C(=O)OC. The maximum Gasteiger partial charge on any atom is 0.328 e. The van der Waals surface area contributed by atoms with Crippen LogP contribution >= 0.6 is 0 Å². The fourth-order valence-corrected chi connectivity index (χ4v) is 0.673. The van der Waals surface area contributed by atoms with E-state index in [1.807, 2.05) is 0 Å².